The van der Waals surface area contributed by atoms with E-state index in [1.54, 1.807) is 0 Å². The molecule has 0 amide bonds. The summed E-state index contributed by atoms with van der Waals surface area (Å²) in [6.07, 6.45) is 2.23. The van der Waals surface area contributed by atoms with E-state index in [1.165, 1.54) is 12.8 Å². The Morgan fingerprint density at radius 1 is 1.40 bits per heavy atom. The van der Waals surface area contributed by atoms with Crippen LogP contribution in [-0.2, 0) is 0 Å². The van der Waals surface area contributed by atoms with Gasteiger partial charge in [0, 0.05) is 6.54 Å². The molecule has 1 saturated carbocycles. The van der Waals surface area contributed by atoms with Crippen molar-refractivity contribution in [2.45, 2.75) is 39.0 Å². The summed E-state index contributed by atoms with van der Waals surface area (Å²) in [5, 5.41) is 2.83. The van der Waals surface area contributed by atoms with Gasteiger partial charge >= 0.3 is 0 Å². The summed E-state index contributed by atoms with van der Waals surface area (Å²) in [6, 6.07) is 0. The van der Waals surface area contributed by atoms with Gasteiger partial charge in [0.2, 0.25) is 0 Å². The largest absolute Gasteiger partial charge is 0.330 e. The Balaban J connectivity index is 2.33. The summed E-state index contributed by atoms with van der Waals surface area (Å²) in [5.74, 6) is 0.764. The molecular formula is C11H22F2N2. The normalized spacial score (nSPS) is 32.2. The lowest BCUT2D eigenvalue weighted by Gasteiger charge is -2.38. The Morgan fingerprint density at radius 2 is 2.00 bits per heavy atom. The number of nitrogens with two attached hydrogens (primary N) is 1. The van der Waals surface area contributed by atoms with E-state index in [2.05, 4.69) is 12.2 Å². The Kier molecular flexibility index (Phi) is 4.93. The van der Waals surface area contributed by atoms with Crippen LogP contribution < -0.4 is 11.1 Å². The Hall–Kier alpha value is -0.220. The minimum atomic E-state index is -2.26. The van der Waals surface area contributed by atoms with Crippen LogP contribution in [-0.4, -0.2) is 26.1 Å². The Labute approximate surface area is 90.6 Å². The van der Waals surface area contributed by atoms with Gasteiger partial charge in [-0.15, -0.1) is 0 Å². The molecule has 0 atom stereocenters. The van der Waals surface area contributed by atoms with Gasteiger partial charge in [-0.3, -0.25) is 0 Å². The predicted molar refractivity (Wildman–Crippen MR) is 58.0 cm³/mol. The van der Waals surface area contributed by atoms with Crippen molar-refractivity contribution in [3.05, 3.63) is 0 Å². The van der Waals surface area contributed by atoms with E-state index in [-0.39, 0.29) is 12.0 Å². The number of halogens is 2. The highest BCUT2D eigenvalue weighted by molar-refractivity contribution is 4.87. The molecule has 15 heavy (non-hydrogen) atoms. The van der Waals surface area contributed by atoms with E-state index in [9.17, 15) is 8.78 Å². The Bertz CT molecular complexity index is 177. The fourth-order valence-corrected chi connectivity index (χ4v) is 2.27. The average Bonchev–Trinajstić information content (AvgIpc) is 2.21. The summed E-state index contributed by atoms with van der Waals surface area (Å²) in [4.78, 5) is 0. The molecule has 0 heterocycles. The molecule has 2 nitrogen and oxygen atoms in total. The van der Waals surface area contributed by atoms with Gasteiger partial charge in [-0.05, 0) is 30.7 Å². The second-order valence-electron chi connectivity index (χ2n) is 4.91. The average molecular weight is 220 g/mol. The highest BCUT2D eigenvalue weighted by Gasteiger charge is 2.32. The van der Waals surface area contributed by atoms with Crippen LogP contribution in [0.25, 0.3) is 0 Å². The molecule has 0 aliphatic heterocycles. The molecule has 0 spiro atoms. The molecule has 0 aromatic carbocycles. The fourth-order valence-electron chi connectivity index (χ4n) is 2.27. The lowest BCUT2D eigenvalue weighted by Crippen LogP contribution is -2.43. The van der Waals surface area contributed by atoms with Crippen LogP contribution in [0.1, 0.15) is 32.6 Å². The van der Waals surface area contributed by atoms with Gasteiger partial charge in [-0.1, -0.05) is 19.8 Å². The lowest BCUT2D eigenvalue weighted by molar-refractivity contribution is 0.122. The zero-order valence-corrected chi connectivity index (χ0v) is 9.44. The van der Waals surface area contributed by atoms with Crippen molar-refractivity contribution < 1.29 is 8.78 Å². The number of rotatable bonds is 5. The molecule has 0 aromatic rings. The molecule has 1 fully saturated rings. The summed E-state index contributed by atoms with van der Waals surface area (Å²) < 4.78 is 24.0. The molecule has 90 valence electrons. The van der Waals surface area contributed by atoms with Crippen molar-refractivity contribution in [3.8, 4) is 0 Å². The summed E-state index contributed by atoms with van der Waals surface area (Å²) >= 11 is 0. The summed E-state index contributed by atoms with van der Waals surface area (Å²) in [7, 11) is 0. The van der Waals surface area contributed by atoms with Gasteiger partial charge in [0.15, 0.2) is 0 Å². The quantitative estimate of drug-likeness (QED) is 0.743. The van der Waals surface area contributed by atoms with Crippen LogP contribution in [0.3, 0.4) is 0 Å². The van der Waals surface area contributed by atoms with Gasteiger partial charge in [0.05, 0.1) is 6.54 Å². The van der Waals surface area contributed by atoms with Crippen LogP contribution in [0, 0.1) is 11.3 Å². The number of nitrogens with one attached hydrogen (secondary N) is 1. The topological polar surface area (TPSA) is 38.0 Å². The van der Waals surface area contributed by atoms with Crippen molar-refractivity contribution in [2.24, 2.45) is 17.1 Å². The monoisotopic (exact) mass is 220 g/mol. The van der Waals surface area contributed by atoms with Gasteiger partial charge in [0.25, 0.3) is 6.43 Å². The third-order valence-electron chi connectivity index (χ3n) is 3.57. The van der Waals surface area contributed by atoms with E-state index < -0.39 is 6.43 Å². The molecule has 0 unspecified atom stereocenters. The first-order valence-corrected chi connectivity index (χ1v) is 5.77. The molecule has 1 rings (SSSR count). The van der Waals surface area contributed by atoms with E-state index in [0.717, 1.165) is 18.8 Å². The molecule has 0 bridgehead atoms. The van der Waals surface area contributed by atoms with Gasteiger partial charge in [-0.25, -0.2) is 8.78 Å². The summed E-state index contributed by atoms with van der Waals surface area (Å²) in [6.45, 7) is 3.28. The van der Waals surface area contributed by atoms with Crippen LogP contribution in [0.2, 0.25) is 0 Å². The van der Waals surface area contributed by atoms with Gasteiger partial charge in [0.1, 0.15) is 0 Å². The van der Waals surface area contributed by atoms with Crippen LogP contribution in [0.4, 0.5) is 8.78 Å². The van der Waals surface area contributed by atoms with Gasteiger partial charge < -0.3 is 11.1 Å². The van der Waals surface area contributed by atoms with Crippen LogP contribution >= 0.6 is 0 Å². The molecule has 1 aliphatic rings. The highest BCUT2D eigenvalue weighted by atomic mass is 19.3. The van der Waals surface area contributed by atoms with Crippen LogP contribution in [0.15, 0.2) is 0 Å². The zero-order chi connectivity index (χ0) is 11.3. The number of alkyl halides is 2. The maximum Gasteiger partial charge on any atom is 0.250 e. The van der Waals surface area contributed by atoms with Crippen molar-refractivity contribution in [3.63, 3.8) is 0 Å². The molecule has 4 heteroatoms. The van der Waals surface area contributed by atoms with Crippen molar-refractivity contribution in [1.29, 1.82) is 0 Å². The molecule has 3 N–H and O–H groups in total. The second-order valence-corrected chi connectivity index (χ2v) is 4.91. The maximum absolute atomic E-state index is 12.0. The van der Waals surface area contributed by atoms with Crippen molar-refractivity contribution >= 4 is 0 Å². The molecule has 0 radical (unpaired) electrons. The molecular weight excluding hydrogens is 198 g/mol. The fraction of sp³-hybridized carbons (Fsp3) is 1.00. The molecule has 1 aliphatic carbocycles. The van der Waals surface area contributed by atoms with E-state index in [1.807, 2.05) is 0 Å². The molecule has 0 aromatic heterocycles. The van der Waals surface area contributed by atoms with E-state index in [0.29, 0.717) is 13.1 Å². The second kappa shape index (κ2) is 5.75. The van der Waals surface area contributed by atoms with E-state index >= 15 is 0 Å². The maximum atomic E-state index is 12.0. The number of hydrogen-bond donors (Lipinski definition) is 2. The first-order valence-electron chi connectivity index (χ1n) is 5.77. The summed E-state index contributed by atoms with van der Waals surface area (Å²) in [5.41, 5.74) is 5.84. The van der Waals surface area contributed by atoms with Crippen molar-refractivity contribution in [2.75, 3.05) is 19.6 Å². The SMILES string of the molecule is CC1CCC(CN)(CNCC(F)F)CC1. The minimum Gasteiger partial charge on any atom is -0.330 e. The smallest absolute Gasteiger partial charge is 0.250 e. The third kappa shape index (κ3) is 4.03. The van der Waals surface area contributed by atoms with E-state index in [4.69, 9.17) is 5.73 Å². The lowest BCUT2D eigenvalue weighted by atomic mass is 9.71. The Morgan fingerprint density at radius 3 is 2.47 bits per heavy atom. The van der Waals surface area contributed by atoms with Gasteiger partial charge in [-0.2, -0.15) is 0 Å². The predicted octanol–water partition coefficient (Wildman–Crippen LogP) is 2.00. The minimum absolute atomic E-state index is 0.0708. The first kappa shape index (κ1) is 12.8. The van der Waals surface area contributed by atoms with Crippen molar-refractivity contribution in [1.82, 2.24) is 5.32 Å². The third-order valence-corrected chi connectivity index (χ3v) is 3.57. The standard InChI is InChI=1S/C11H22F2N2/c1-9-2-4-11(7-14,5-3-9)8-15-6-10(12)13/h9-10,15H,2-8,14H2,1H3. The molecule has 0 saturated heterocycles. The van der Waals surface area contributed by atoms with Crippen LogP contribution in [0.5, 0.6) is 0 Å². The number of hydrogen-bond acceptors (Lipinski definition) is 2. The first-order chi connectivity index (χ1) is 7.08. The zero-order valence-electron chi connectivity index (χ0n) is 9.44. The highest BCUT2D eigenvalue weighted by Crippen LogP contribution is 2.37.